The van der Waals surface area contributed by atoms with Gasteiger partial charge in [0.25, 0.3) is 5.91 Å². The fourth-order valence-electron chi connectivity index (χ4n) is 1.89. The highest BCUT2D eigenvalue weighted by Gasteiger charge is 2.18. The van der Waals surface area contributed by atoms with Gasteiger partial charge in [0, 0.05) is 19.5 Å². The molecule has 0 saturated carbocycles. The summed E-state index contributed by atoms with van der Waals surface area (Å²) in [7, 11) is 0. The van der Waals surface area contributed by atoms with Crippen LogP contribution in [0.2, 0.25) is 0 Å². The summed E-state index contributed by atoms with van der Waals surface area (Å²) in [5.41, 5.74) is 6.21. The highest BCUT2D eigenvalue weighted by Crippen LogP contribution is 2.24. The van der Waals surface area contributed by atoms with Crippen LogP contribution in [-0.4, -0.2) is 23.3 Å². The zero-order chi connectivity index (χ0) is 15.2. The number of benzene rings is 1. The number of hydrogen-bond acceptors (Lipinski definition) is 3. The summed E-state index contributed by atoms with van der Waals surface area (Å²) in [4.78, 5) is 25.8. The van der Waals surface area contributed by atoms with Gasteiger partial charge in [0.15, 0.2) is 0 Å². The van der Waals surface area contributed by atoms with E-state index in [0.717, 1.165) is 9.35 Å². The lowest BCUT2D eigenvalue weighted by molar-refractivity contribution is -0.118. The monoisotopic (exact) mass is 366 g/mol. The Kier molecular flexibility index (Phi) is 5.52. The van der Waals surface area contributed by atoms with Gasteiger partial charge in [-0.1, -0.05) is 30.3 Å². The standard InChI is InChI=1S/C15H15BrN2O2S/c16-13-7-6-12(21-13)15(20)18(9-8-14(17)19)10-11-4-2-1-3-5-11/h1-7H,8-10H2,(H2,17,19). The Morgan fingerprint density at radius 3 is 2.43 bits per heavy atom. The highest BCUT2D eigenvalue weighted by molar-refractivity contribution is 9.11. The normalized spacial score (nSPS) is 10.3. The third-order valence-electron chi connectivity index (χ3n) is 2.92. The van der Waals surface area contributed by atoms with Gasteiger partial charge in [-0.05, 0) is 33.6 Å². The number of nitrogens with zero attached hydrogens (tertiary/aromatic N) is 1. The van der Waals surface area contributed by atoms with Crippen LogP contribution >= 0.6 is 27.3 Å². The Morgan fingerprint density at radius 1 is 1.14 bits per heavy atom. The molecule has 0 aliphatic carbocycles. The number of nitrogens with two attached hydrogens (primary N) is 1. The SMILES string of the molecule is NC(=O)CCN(Cc1ccccc1)C(=O)c1ccc(Br)s1. The fraction of sp³-hybridized carbons (Fsp3) is 0.200. The van der Waals surface area contributed by atoms with Gasteiger partial charge in [0.2, 0.25) is 5.91 Å². The Labute approximate surface area is 135 Å². The molecule has 110 valence electrons. The first-order valence-corrected chi connectivity index (χ1v) is 8.04. The predicted octanol–water partition coefficient (Wildman–Crippen LogP) is 3.03. The second kappa shape index (κ2) is 7.38. The van der Waals surface area contributed by atoms with Crippen LogP contribution in [0.25, 0.3) is 0 Å². The Balaban J connectivity index is 2.14. The maximum absolute atomic E-state index is 12.5. The van der Waals surface area contributed by atoms with E-state index in [1.165, 1.54) is 11.3 Å². The molecule has 0 unspecified atom stereocenters. The van der Waals surface area contributed by atoms with E-state index < -0.39 is 5.91 Å². The zero-order valence-electron chi connectivity index (χ0n) is 11.3. The second-order valence-corrected chi connectivity index (χ2v) is 7.00. The van der Waals surface area contributed by atoms with E-state index in [9.17, 15) is 9.59 Å². The van der Waals surface area contributed by atoms with Crippen molar-refractivity contribution in [3.8, 4) is 0 Å². The van der Waals surface area contributed by atoms with Gasteiger partial charge >= 0.3 is 0 Å². The third-order valence-corrected chi connectivity index (χ3v) is 4.53. The summed E-state index contributed by atoms with van der Waals surface area (Å²) in [5.74, 6) is -0.496. The first-order valence-electron chi connectivity index (χ1n) is 6.43. The average Bonchev–Trinajstić information content (AvgIpc) is 2.90. The maximum atomic E-state index is 12.5. The topological polar surface area (TPSA) is 63.4 Å². The Bertz CT molecular complexity index is 628. The maximum Gasteiger partial charge on any atom is 0.264 e. The number of hydrogen-bond donors (Lipinski definition) is 1. The lowest BCUT2D eigenvalue weighted by Gasteiger charge is -2.21. The van der Waals surface area contributed by atoms with E-state index in [2.05, 4.69) is 15.9 Å². The molecule has 2 rings (SSSR count). The fourth-order valence-corrected chi connectivity index (χ4v) is 3.24. The molecule has 1 aromatic carbocycles. The van der Waals surface area contributed by atoms with Gasteiger partial charge in [-0.25, -0.2) is 0 Å². The van der Waals surface area contributed by atoms with Gasteiger partial charge < -0.3 is 10.6 Å². The minimum atomic E-state index is -0.409. The molecule has 0 spiro atoms. The summed E-state index contributed by atoms with van der Waals surface area (Å²) in [5, 5.41) is 0. The molecule has 0 aliphatic rings. The molecule has 2 aromatic rings. The number of amides is 2. The molecule has 0 radical (unpaired) electrons. The molecule has 1 heterocycles. The number of carbonyl (C=O) groups is 2. The lowest BCUT2D eigenvalue weighted by atomic mass is 10.2. The summed E-state index contributed by atoms with van der Waals surface area (Å²) >= 11 is 4.73. The lowest BCUT2D eigenvalue weighted by Crippen LogP contribution is -2.33. The van der Waals surface area contributed by atoms with Gasteiger partial charge in [-0.15, -0.1) is 11.3 Å². The van der Waals surface area contributed by atoms with Crippen LogP contribution in [-0.2, 0) is 11.3 Å². The molecule has 21 heavy (non-hydrogen) atoms. The van der Waals surface area contributed by atoms with Crippen molar-refractivity contribution in [3.05, 3.63) is 56.7 Å². The molecule has 0 saturated heterocycles. The molecule has 6 heteroatoms. The molecule has 0 bridgehead atoms. The van der Waals surface area contributed by atoms with Crippen molar-refractivity contribution in [1.82, 2.24) is 4.90 Å². The van der Waals surface area contributed by atoms with E-state index >= 15 is 0 Å². The average molecular weight is 367 g/mol. The van der Waals surface area contributed by atoms with Crippen LogP contribution < -0.4 is 5.73 Å². The quantitative estimate of drug-likeness (QED) is 0.853. The summed E-state index contributed by atoms with van der Waals surface area (Å²) < 4.78 is 0.903. The van der Waals surface area contributed by atoms with Crippen LogP contribution in [0.5, 0.6) is 0 Å². The third kappa shape index (κ3) is 4.68. The summed E-state index contributed by atoms with van der Waals surface area (Å²) in [6, 6.07) is 13.3. The van der Waals surface area contributed by atoms with Crippen LogP contribution in [0.3, 0.4) is 0 Å². The first-order chi connectivity index (χ1) is 10.1. The molecular formula is C15H15BrN2O2S. The van der Waals surface area contributed by atoms with Gasteiger partial charge in [-0.2, -0.15) is 0 Å². The molecule has 0 fully saturated rings. The Morgan fingerprint density at radius 2 is 1.86 bits per heavy atom. The number of halogens is 1. The van der Waals surface area contributed by atoms with Crippen molar-refractivity contribution in [1.29, 1.82) is 0 Å². The molecular weight excluding hydrogens is 352 g/mol. The highest BCUT2D eigenvalue weighted by atomic mass is 79.9. The summed E-state index contributed by atoms with van der Waals surface area (Å²) in [6.45, 7) is 0.779. The minimum absolute atomic E-state index is 0.0872. The van der Waals surface area contributed by atoms with Gasteiger partial charge in [0.1, 0.15) is 0 Å². The largest absolute Gasteiger partial charge is 0.370 e. The molecule has 4 nitrogen and oxygen atoms in total. The molecule has 0 aliphatic heterocycles. The first kappa shape index (κ1) is 15.7. The van der Waals surface area contributed by atoms with Crippen molar-refractivity contribution >= 4 is 39.1 Å². The minimum Gasteiger partial charge on any atom is -0.370 e. The molecule has 2 amide bonds. The molecule has 1 aromatic heterocycles. The van der Waals surface area contributed by atoms with E-state index in [1.807, 2.05) is 36.4 Å². The Hall–Kier alpha value is -1.66. The number of thiophene rings is 1. The van der Waals surface area contributed by atoms with Crippen LogP contribution in [0.15, 0.2) is 46.3 Å². The van der Waals surface area contributed by atoms with E-state index in [4.69, 9.17) is 5.73 Å². The summed E-state index contributed by atoms with van der Waals surface area (Å²) in [6.07, 6.45) is 0.158. The van der Waals surface area contributed by atoms with Crippen molar-refractivity contribution in [3.63, 3.8) is 0 Å². The number of primary amides is 1. The van der Waals surface area contributed by atoms with E-state index in [1.54, 1.807) is 11.0 Å². The number of rotatable bonds is 6. The predicted molar refractivity (Wildman–Crippen MR) is 87.0 cm³/mol. The molecule has 0 atom stereocenters. The van der Waals surface area contributed by atoms with Crippen LogP contribution in [0.4, 0.5) is 0 Å². The van der Waals surface area contributed by atoms with Crippen molar-refractivity contribution in [2.24, 2.45) is 5.73 Å². The smallest absolute Gasteiger partial charge is 0.264 e. The molecule has 2 N–H and O–H groups in total. The second-order valence-electron chi connectivity index (χ2n) is 4.53. The van der Waals surface area contributed by atoms with Gasteiger partial charge in [-0.3, -0.25) is 9.59 Å². The van der Waals surface area contributed by atoms with Crippen molar-refractivity contribution in [2.75, 3.05) is 6.54 Å². The zero-order valence-corrected chi connectivity index (χ0v) is 13.7. The van der Waals surface area contributed by atoms with Crippen LogP contribution in [0, 0.1) is 0 Å². The van der Waals surface area contributed by atoms with Crippen molar-refractivity contribution < 1.29 is 9.59 Å². The van der Waals surface area contributed by atoms with Crippen LogP contribution in [0.1, 0.15) is 21.7 Å². The van der Waals surface area contributed by atoms with Crippen molar-refractivity contribution in [2.45, 2.75) is 13.0 Å². The van der Waals surface area contributed by atoms with E-state index in [0.29, 0.717) is 18.0 Å². The van der Waals surface area contributed by atoms with E-state index in [-0.39, 0.29) is 12.3 Å². The number of carbonyl (C=O) groups excluding carboxylic acids is 2. The van der Waals surface area contributed by atoms with Gasteiger partial charge in [0.05, 0.1) is 8.66 Å².